The van der Waals surface area contributed by atoms with Crippen molar-refractivity contribution in [3.05, 3.63) is 11.1 Å². The maximum absolute atomic E-state index is 10.6. The summed E-state index contributed by atoms with van der Waals surface area (Å²) in [5.41, 5.74) is 0.133. The van der Waals surface area contributed by atoms with Crippen LogP contribution in [-0.4, -0.2) is 21.6 Å². The van der Waals surface area contributed by atoms with E-state index in [9.17, 15) is 4.79 Å². The molecule has 4 nitrogen and oxygen atoms in total. The highest BCUT2D eigenvalue weighted by Gasteiger charge is 2.32. The van der Waals surface area contributed by atoms with Crippen LogP contribution < -0.4 is 5.32 Å². The Morgan fingerprint density at radius 1 is 1.71 bits per heavy atom. The molecule has 0 aromatic carbocycles. The summed E-state index contributed by atoms with van der Waals surface area (Å²) >= 11 is 1.20. The molecule has 2 N–H and O–H groups in total. The summed E-state index contributed by atoms with van der Waals surface area (Å²) < 4.78 is 0. The molecule has 0 unspecified atom stereocenters. The summed E-state index contributed by atoms with van der Waals surface area (Å²) in [6.45, 7) is 2.14. The van der Waals surface area contributed by atoms with Gasteiger partial charge in [0, 0.05) is 5.54 Å². The fourth-order valence-electron chi connectivity index (χ4n) is 1.52. The molecule has 0 saturated heterocycles. The lowest BCUT2D eigenvalue weighted by Crippen LogP contribution is -2.41. The molecule has 1 saturated carbocycles. The zero-order valence-electron chi connectivity index (χ0n) is 7.91. The van der Waals surface area contributed by atoms with Crippen molar-refractivity contribution >= 4 is 22.4 Å². The number of hydrogen-bond donors (Lipinski definition) is 2. The van der Waals surface area contributed by atoms with Gasteiger partial charge in [0.1, 0.15) is 4.88 Å². The Morgan fingerprint density at radius 3 is 2.86 bits per heavy atom. The highest BCUT2D eigenvalue weighted by Crippen LogP contribution is 2.35. The van der Waals surface area contributed by atoms with Gasteiger partial charge >= 0.3 is 5.97 Å². The summed E-state index contributed by atoms with van der Waals surface area (Å²) in [5, 5.41) is 12.7. The molecule has 1 aromatic heterocycles. The van der Waals surface area contributed by atoms with Crippen molar-refractivity contribution in [1.82, 2.24) is 4.98 Å². The molecule has 0 aliphatic heterocycles. The number of nitrogens with one attached hydrogen (secondary N) is 1. The van der Waals surface area contributed by atoms with Gasteiger partial charge in [-0.25, -0.2) is 9.78 Å². The van der Waals surface area contributed by atoms with Gasteiger partial charge in [0.15, 0.2) is 5.13 Å². The van der Waals surface area contributed by atoms with Crippen LogP contribution in [-0.2, 0) is 0 Å². The topological polar surface area (TPSA) is 62.2 Å². The summed E-state index contributed by atoms with van der Waals surface area (Å²) in [7, 11) is 0. The molecule has 1 heterocycles. The quantitative estimate of drug-likeness (QED) is 0.806. The fourth-order valence-corrected chi connectivity index (χ4v) is 2.32. The summed E-state index contributed by atoms with van der Waals surface area (Å²) in [6.07, 6.45) is 4.90. The zero-order chi connectivity index (χ0) is 10.2. The summed E-state index contributed by atoms with van der Waals surface area (Å²) in [6, 6.07) is 0. The monoisotopic (exact) mass is 212 g/mol. The summed E-state index contributed by atoms with van der Waals surface area (Å²) in [4.78, 5) is 14.9. The molecule has 14 heavy (non-hydrogen) atoms. The Balaban J connectivity index is 2.06. The number of rotatable bonds is 3. The van der Waals surface area contributed by atoms with Gasteiger partial charge in [-0.1, -0.05) is 11.3 Å². The van der Waals surface area contributed by atoms with Gasteiger partial charge in [-0.05, 0) is 26.2 Å². The van der Waals surface area contributed by atoms with E-state index in [4.69, 9.17) is 5.11 Å². The van der Waals surface area contributed by atoms with Crippen LogP contribution in [0.3, 0.4) is 0 Å². The van der Waals surface area contributed by atoms with Crippen molar-refractivity contribution in [2.75, 3.05) is 5.32 Å². The first kappa shape index (κ1) is 9.45. The Hall–Kier alpha value is -1.10. The number of aromatic nitrogens is 1. The van der Waals surface area contributed by atoms with Crippen molar-refractivity contribution in [3.63, 3.8) is 0 Å². The van der Waals surface area contributed by atoms with E-state index in [-0.39, 0.29) is 10.4 Å². The molecule has 0 atom stereocenters. The molecule has 5 heteroatoms. The number of nitrogens with zero attached hydrogens (tertiary/aromatic N) is 1. The molecule has 1 aliphatic carbocycles. The van der Waals surface area contributed by atoms with Crippen molar-refractivity contribution in [2.45, 2.75) is 31.7 Å². The van der Waals surface area contributed by atoms with Crippen LogP contribution >= 0.6 is 11.3 Å². The third-order valence-corrected chi connectivity index (χ3v) is 3.48. The lowest BCUT2D eigenvalue weighted by atomic mass is 9.79. The predicted molar refractivity (Wildman–Crippen MR) is 55.0 cm³/mol. The highest BCUT2D eigenvalue weighted by atomic mass is 32.1. The third kappa shape index (κ3) is 1.72. The zero-order valence-corrected chi connectivity index (χ0v) is 8.73. The molecule has 0 radical (unpaired) electrons. The first-order chi connectivity index (χ1) is 6.59. The maximum atomic E-state index is 10.6. The second-order valence-corrected chi connectivity index (χ2v) is 4.90. The van der Waals surface area contributed by atoms with Gasteiger partial charge in [0.2, 0.25) is 0 Å². The average Bonchev–Trinajstić information content (AvgIpc) is 2.50. The van der Waals surface area contributed by atoms with Crippen molar-refractivity contribution in [2.24, 2.45) is 0 Å². The van der Waals surface area contributed by atoms with Gasteiger partial charge in [-0.15, -0.1) is 0 Å². The first-order valence-electron chi connectivity index (χ1n) is 4.56. The van der Waals surface area contributed by atoms with Crippen LogP contribution in [0.5, 0.6) is 0 Å². The highest BCUT2D eigenvalue weighted by molar-refractivity contribution is 7.17. The first-order valence-corrected chi connectivity index (χ1v) is 5.38. The van der Waals surface area contributed by atoms with Crippen LogP contribution in [0, 0.1) is 0 Å². The molecule has 0 spiro atoms. The van der Waals surface area contributed by atoms with Gasteiger partial charge in [-0.3, -0.25) is 0 Å². The molecular formula is C9H12N2O2S. The number of anilines is 1. The number of hydrogen-bond acceptors (Lipinski definition) is 4. The Kier molecular flexibility index (Phi) is 2.19. The average molecular weight is 212 g/mol. The second-order valence-electron chi connectivity index (χ2n) is 3.87. The summed E-state index contributed by atoms with van der Waals surface area (Å²) in [5.74, 6) is -0.908. The molecule has 1 fully saturated rings. The smallest absolute Gasteiger partial charge is 0.347 e. The van der Waals surface area contributed by atoms with E-state index in [1.165, 1.54) is 24.0 Å². The Morgan fingerprint density at radius 2 is 2.43 bits per heavy atom. The van der Waals surface area contributed by atoms with Gasteiger partial charge < -0.3 is 10.4 Å². The van der Waals surface area contributed by atoms with E-state index < -0.39 is 5.97 Å². The third-order valence-electron chi connectivity index (χ3n) is 2.58. The van der Waals surface area contributed by atoms with Crippen LogP contribution in [0.25, 0.3) is 0 Å². The minimum Gasteiger partial charge on any atom is -0.477 e. The van der Waals surface area contributed by atoms with Crippen LogP contribution in [0.4, 0.5) is 5.13 Å². The molecule has 0 bridgehead atoms. The molecule has 0 amide bonds. The second kappa shape index (κ2) is 3.24. The van der Waals surface area contributed by atoms with Gasteiger partial charge in [0.25, 0.3) is 0 Å². The minimum absolute atomic E-state index is 0.133. The Labute approximate surface area is 86.0 Å². The number of thiazole rings is 1. The number of carboxylic acid groups (broad SMARTS) is 1. The molecular weight excluding hydrogens is 200 g/mol. The van der Waals surface area contributed by atoms with E-state index in [0.29, 0.717) is 5.13 Å². The van der Waals surface area contributed by atoms with E-state index >= 15 is 0 Å². The largest absolute Gasteiger partial charge is 0.477 e. The van der Waals surface area contributed by atoms with E-state index in [2.05, 4.69) is 17.2 Å². The number of carbonyl (C=O) groups is 1. The molecule has 2 rings (SSSR count). The molecule has 1 aliphatic rings. The predicted octanol–water partition coefficient (Wildman–Crippen LogP) is 2.20. The number of aromatic carboxylic acids is 1. The van der Waals surface area contributed by atoms with Gasteiger partial charge in [0.05, 0.1) is 6.20 Å². The molecule has 76 valence electrons. The lowest BCUT2D eigenvalue weighted by Gasteiger charge is -2.39. The van der Waals surface area contributed by atoms with E-state index in [0.717, 1.165) is 12.8 Å². The van der Waals surface area contributed by atoms with Crippen molar-refractivity contribution in [3.8, 4) is 0 Å². The van der Waals surface area contributed by atoms with Crippen LogP contribution in [0.2, 0.25) is 0 Å². The minimum atomic E-state index is -0.908. The van der Waals surface area contributed by atoms with Crippen molar-refractivity contribution in [1.29, 1.82) is 0 Å². The van der Waals surface area contributed by atoms with E-state index in [1.807, 2.05) is 0 Å². The standard InChI is InChI=1S/C9H12N2O2S/c1-9(3-2-4-9)11-8-10-5-6(14-8)7(12)13/h5H,2-4H2,1H3,(H,10,11)(H,12,13). The van der Waals surface area contributed by atoms with E-state index in [1.54, 1.807) is 0 Å². The Bertz CT molecular complexity index is 357. The number of carboxylic acids is 1. The normalized spacial score (nSPS) is 18.6. The molecule has 1 aromatic rings. The lowest BCUT2D eigenvalue weighted by molar-refractivity contribution is 0.0702. The SMILES string of the molecule is CC1(Nc2ncc(C(=O)O)s2)CCC1. The van der Waals surface area contributed by atoms with Crippen LogP contribution in [0.1, 0.15) is 35.9 Å². The van der Waals surface area contributed by atoms with Crippen LogP contribution in [0.15, 0.2) is 6.20 Å². The van der Waals surface area contributed by atoms with Crippen molar-refractivity contribution < 1.29 is 9.90 Å². The maximum Gasteiger partial charge on any atom is 0.347 e. The van der Waals surface area contributed by atoms with Gasteiger partial charge in [-0.2, -0.15) is 0 Å². The fraction of sp³-hybridized carbons (Fsp3) is 0.556.